The van der Waals surface area contributed by atoms with Gasteiger partial charge in [-0.3, -0.25) is 0 Å². The van der Waals surface area contributed by atoms with Crippen LogP contribution in [0.4, 0.5) is 0 Å². The fourth-order valence-electron chi connectivity index (χ4n) is 0. The summed E-state index contributed by atoms with van der Waals surface area (Å²) >= 11 is 20.0. The zero-order valence-electron chi connectivity index (χ0n) is 6.91. The molecule has 0 fully saturated rings. The Morgan fingerprint density at radius 1 is 0.625 bits per heavy atom. The van der Waals surface area contributed by atoms with Crippen molar-refractivity contribution in [3.8, 4) is 0 Å². The molecule has 0 spiro atoms. The van der Waals surface area contributed by atoms with Gasteiger partial charge in [0.15, 0.2) is 0 Å². The quantitative estimate of drug-likeness (QED) is 0.351. The molecule has 0 aliphatic carbocycles. The maximum Gasteiger partial charge on any atom is 0.466 e. The summed E-state index contributed by atoms with van der Waals surface area (Å²) in [6.45, 7) is 0. The largest absolute Gasteiger partial charge is 0.466 e. The Labute approximate surface area is 110 Å². The zero-order valence-corrected chi connectivity index (χ0v) is 11.7. The second-order valence-corrected chi connectivity index (χ2v) is 5.50. The summed E-state index contributed by atoms with van der Waals surface area (Å²) in [5.74, 6) is 0. The van der Waals surface area contributed by atoms with Crippen molar-refractivity contribution >= 4 is 62.0 Å². The third-order valence-electron chi connectivity index (χ3n) is 0.143. The highest BCUT2D eigenvalue weighted by Gasteiger charge is 2.00. The minimum Gasteiger partial charge on any atom is -0.303 e. The smallest absolute Gasteiger partial charge is 0.303 e. The van der Waals surface area contributed by atoms with E-state index in [0.29, 0.717) is 0 Å². The molecule has 6 N–H and O–H groups in total. The molecule has 0 aliphatic heterocycles. The average molecular weight is 362 g/mol. The minimum atomic E-state index is -4.64. The van der Waals surface area contributed by atoms with Gasteiger partial charge in [-0.1, -0.05) is 46.4 Å². The molecule has 16 heavy (non-hydrogen) atoms. The summed E-state index contributed by atoms with van der Waals surface area (Å²) in [6.07, 6.45) is 0. The molecule has 100 valence electrons. The molecule has 0 amide bonds. The number of rotatable bonds is 0. The maximum absolute atomic E-state index is 8.88. The van der Waals surface area contributed by atoms with Crippen LogP contribution in [0.25, 0.3) is 0 Å². The fourth-order valence-corrected chi connectivity index (χ4v) is 0. The van der Waals surface area contributed by atoms with Crippen LogP contribution in [-0.4, -0.2) is 29.4 Å². The van der Waals surface area contributed by atoms with Gasteiger partial charge in [-0.05, 0) is 0 Å². The molecule has 0 atom stereocenters. The molecule has 8 nitrogen and oxygen atoms in total. The van der Waals surface area contributed by atoms with Gasteiger partial charge in [0.1, 0.15) is 8.98 Å². The standard InChI is InChI=1S/C2Cl4.2H3O4P/c3-1(4)2(5)6;2*1-5(2,3)4/h;2*(H3,1,2,3,4). The summed E-state index contributed by atoms with van der Waals surface area (Å²) in [4.78, 5) is 43.1. The molecular formula is C2H6Cl4O8P2. The molecule has 0 bridgehead atoms. The minimum absolute atomic E-state index is 0.0988. The van der Waals surface area contributed by atoms with E-state index in [1.54, 1.807) is 0 Å². The monoisotopic (exact) mass is 360 g/mol. The van der Waals surface area contributed by atoms with Crippen molar-refractivity contribution in [1.82, 2.24) is 0 Å². The molecule has 0 aromatic heterocycles. The summed E-state index contributed by atoms with van der Waals surface area (Å²) in [5, 5.41) is 0. The number of halogens is 4. The van der Waals surface area contributed by atoms with Gasteiger partial charge in [0.05, 0.1) is 0 Å². The third kappa shape index (κ3) is 115. The van der Waals surface area contributed by atoms with Crippen molar-refractivity contribution in [3.63, 3.8) is 0 Å². The molecule has 0 heterocycles. The van der Waals surface area contributed by atoms with E-state index in [-0.39, 0.29) is 8.98 Å². The molecule has 0 saturated carbocycles. The number of hydrogen-bond acceptors (Lipinski definition) is 2. The number of hydrogen-bond donors (Lipinski definition) is 6. The molecular weight excluding hydrogens is 356 g/mol. The summed E-state index contributed by atoms with van der Waals surface area (Å²) < 4.78 is 17.6. The van der Waals surface area contributed by atoms with E-state index in [1.165, 1.54) is 0 Å². The van der Waals surface area contributed by atoms with Gasteiger partial charge in [-0.2, -0.15) is 0 Å². The molecule has 14 heteroatoms. The highest BCUT2D eigenvalue weighted by Crippen LogP contribution is 2.26. The van der Waals surface area contributed by atoms with E-state index in [9.17, 15) is 0 Å². The van der Waals surface area contributed by atoms with Crippen LogP contribution in [0.5, 0.6) is 0 Å². The normalized spacial score (nSPS) is 10.4. The molecule has 0 saturated heterocycles. The van der Waals surface area contributed by atoms with Crippen molar-refractivity contribution in [2.24, 2.45) is 0 Å². The van der Waals surface area contributed by atoms with E-state index >= 15 is 0 Å². The van der Waals surface area contributed by atoms with E-state index in [2.05, 4.69) is 0 Å². The average Bonchev–Trinajstić information content (AvgIpc) is 1.77. The van der Waals surface area contributed by atoms with Gasteiger partial charge in [0, 0.05) is 0 Å². The summed E-state index contributed by atoms with van der Waals surface area (Å²) in [6, 6.07) is 0. The Bertz CT molecular complexity index is 249. The SMILES string of the molecule is ClC(Cl)=C(Cl)Cl.O=P(O)(O)O.O=P(O)(O)O. The molecule has 0 aromatic rings. The summed E-state index contributed by atoms with van der Waals surface area (Å²) in [5.41, 5.74) is 0. The first-order valence-electron chi connectivity index (χ1n) is 2.57. The maximum atomic E-state index is 8.88. The van der Waals surface area contributed by atoms with E-state index in [0.717, 1.165) is 0 Å². The van der Waals surface area contributed by atoms with Crippen molar-refractivity contribution in [3.05, 3.63) is 8.98 Å². The Balaban J connectivity index is -0.000000160. The van der Waals surface area contributed by atoms with Crippen LogP contribution < -0.4 is 0 Å². The Hall–Kier alpha value is 1.12. The molecule has 0 rings (SSSR count). The van der Waals surface area contributed by atoms with Crippen LogP contribution in [0.15, 0.2) is 8.98 Å². The lowest BCUT2D eigenvalue weighted by Gasteiger charge is -1.82. The first-order chi connectivity index (χ1) is 6.64. The summed E-state index contributed by atoms with van der Waals surface area (Å²) in [7, 11) is -9.28. The predicted molar refractivity (Wildman–Crippen MR) is 59.0 cm³/mol. The van der Waals surface area contributed by atoms with Gasteiger partial charge in [-0.25, -0.2) is 9.13 Å². The molecule has 0 radical (unpaired) electrons. The van der Waals surface area contributed by atoms with Gasteiger partial charge < -0.3 is 29.4 Å². The van der Waals surface area contributed by atoms with Crippen LogP contribution in [0.3, 0.4) is 0 Å². The predicted octanol–water partition coefficient (Wildman–Crippen LogP) is 1.21. The Kier molecular flexibility index (Phi) is 14.1. The van der Waals surface area contributed by atoms with Crippen molar-refractivity contribution in [2.75, 3.05) is 0 Å². The lowest BCUT2D eigenvalue weighted by atomic mass is 11.2. The second kappa shape index (κ2) is 10.1. The van der Waals surface area contributed by atoms with Crippen LogP contribution in [-0.2, 0) is 9.13 Å². The third-order valence-corrected chi connectivity index (χ3v) is 1.29. The van der Waals surface area contributed by atoms with Crippen LogP contribution in [0.2, 0.25) is 0 Å². The zero-order chi connectivity index (χ0) is 14.2. The van der Waals surface area contributed by atoms with Crippen LogP contribution in [0.1, 0.15) is 0 Å². The Morgan fingerprint density at radius 3 is 0.688 bits per heavy atom. The number of phosphoric acid groups is 2. The molecule has 0 aromatic carbocycles. The Morgan fingerprint density at radius 2 is 0.688 bits per heavy atom. The topological polar surface area (TPSA) is 156 Å². The highest BCUT2D eigenvalue weighted by atomic mass is 35.5. The van der Waals surface area contributed by atoms with Gasteiger partial charge >= 0.3 is 15.6 Å². The first-order valence-corrected chi connectivity index (χ1v) is 7.21. The van der Waals surface area contributed by atoms with Crippen molar-refractivity contribution in [2.45, 2.75) is 0 Å². The van der Waals surface area contributed by atoms with Crippen LogP contribution >= 0.6 is 62.0 Å². The van der Waals surface area contributed by atoms with Gasteiger partial charge in [0.2, 0.25) is 0 Å². The first kappa shape index (κ1) is 22.3. The van der Waals surface area contributed by atoms with Gasteiger partial charge in [-0.15, -0.1) is 0 Å². The van der Waals surface area contributed by atoms with Crippen LogP contribution in [0, 0.1) is 0 Å². The van der Waals surface area contributed by atoms with E-state index in [4.69, 9.17) is 84.9 Å². The molecule has 0 aliphatic rings. The highest BCUT2D eigenvalue weighted by molar-refractivity contribution is 7.45. The molecule has 0 unspecified atom stereocenters. The fraction of sp³-hybridized carbons (Fsp3) is 0. The lowest BCUT2D eigenvalue weighted by Crippen LogP contribution is -1.66. The van der Waals surface area contributed by atoms with Crippen molar-refractivity contribution in [1.29, 1.82) is 0 Å². The van der Waals surface area contributed by atoms with Gasteiger partial charge in [0.25, 0.3) is 0 Å². The lowest BCUT2D eigenvalue weighted by molar-refractivity contribution is 0.272. The van der Waals surface area contributed by atoms with Crippen molar-refractivity contribution < 1.29 is 38.5 Å². The van der Waals surface area contributed by atoms with E-state index < -0.39 is 15.6 Å². The second-order valence-electron chi connectivity index (χ2n) is 1.55. The van der Waals surface area contributed by atoms with E-state index in [1.807, 2.05) is 0 Å².